The molecule has 12 heavy (non-hydrogen) atoms. The Hall–Kier alpha value is 0.419. The lowest BCUT2D eigenvalue weighted by Crippen LogP contribution is -2.33. The van der Waals surface area contributed by atoms with Gasteiger partial charge in [0.05, 0.1) is 0 Å². The van der Waals surface area contributed by atoms with Gasteiger partial charge >= 0.3 is 19.4 Å². The molecule has 3 radical (unpaired) electrons. The molecule has 0 aliphatic heterocycles. The van der Waals surface area contributed by atoms with Crippen molar-refractivity contribution in [2.24, 2.45) is 0 Å². The van der Waals surface area contributed by atoms with Gasteiger partial charge in [-0.25, -0.2) is 0 Å². The van der Waals surface area contributed by atoms with Gasteiger partial charge in [0.25, 0.3) is 0 Å². The third kappa shape index (κ3) is 5260. The van der Waals surface area contributed by atoms with E-state index < -0.39 is 19.4 Å². The number of hydrogen-bond donors (Lipinski definition) is 6. The summed E-state index contributed by atoms with van der Waals surface area (Å²) in [6.45, 7) is 0. The summed E-state index contributed by atoms with van der Waals surface area (Å²) in [4.78, 5) is 29.3. The molecule has 0 amide bonds. The van der Waals surface area contributed by atoms with Crippen molar-refractivity contribution < 1.29 is 42.2 Å². The lowest BCUT2D eigenvalue weighted by atomic mass is 15.7. The van der Waals surface area contributed by atoms with Crippen molar-refractivity contribution in [2.75, 3.05) is 0 Å². The highest BCUT2D eigenvalue weighted by Gasteiger charge is 2.22. The van der Waals surface area contributed by atoms with Crippen molar-refractivity contribution in [3.05, 3.63) is 0 Å². The van der Waals surface area contributed by atoms with Gasteiger partial charge < -0.3 is 24.7 Å². The fraction of sp³-hybridized carbons (Fsp3) is 0. The summed E-state index contributed by atoms with van der Waals surface area (Å²) in [6, 6.07) is 0. The topological polar surface area (TPSA) is 187 Å². The molecule has 0 aromatic carbocycles. The van der Waals surface area contributed by atoms with E-state index in [9.17, 15) is 0 Å². The molecule has 75 valence electrons. The normalized spacial score (nSPS) is 9.83. The van der Waals surface area contributed by atoms with Crippen LogP contribution in [0.2, 0.25) is 0 Å². The zero-order chi connectivity index (χ0) is 9.00. The minimum atomic E-state index is -4.67. The Labute approximate surface area is 79.4 Å². The number of hydrogen-bond acceptors (Lipinski definition) is 6. The van der Waals surface area contributed by atoms with Gasteiger partial charge in [0.2, 0.25) is 0 Å². The van der Waals surface area contributed by atoms with Crippen LogP contribution in [0.15, 0.2) is 0 Å². The quantitative estimate of drug-likeness (QED) is 0.180. The van der Waals surface area contributed by atoms with Gasteiger partial charge in [-0.15, -0.1) is 0 Å². The van der Waals surface area contributed by atoms with Crippen molar-refractivity contribution in [3.8, 4) is 0 Å². The van der Waals surface area contributed by atoms with Gasteiger partial charge in [0.1, 0.15) is 0 Å². The molecular formula is H8AlO9SSi. The Balaban J connectivity index is -0.0000000457. The van der Waals surface area contributed by atoms with Crippen molar-refractivity contribution >= 4 is 36.8 Å². The van der Waals surface area contributed by atoms with Crippen molar-refractivity contribution in [1.29, 1.82) is 0 Å². The Kier molecular flexibility index (Phi) is 15.3. The van der Waals surface area contributed by atoms with E-state index in [0.717, 1.165) is 0 Å². The lowest BCUT2D eigenvalue weighted by Gasteiger charge is -1.91. The maximum Gasteiger partial charge on any atom is 0.668 e. The third-order valence-corrected chi connectivity index (χ3v) is 0. The van der Waals surface area contributed by atoms with E-state index in [-0.39, 0.29) is 22.8 Å². The van der Waals surface area contributed by atoms with Crippen LogP contribution in [0, 0.1) is 0 Å². The summed E-state index contributed by atoms with van der Waals surface area (Å²) < 4.78 is 31.6. The van der Waals surface area contributed by atoms with Crippen LogP contribution < -0.4 is 0 Å². The molecule has 0 aromatic heterocycles. The Morgan fingerprint density at radius 3 is 0.917 bits per heavy atom. The molecule has 8 N–H and O–H groups in total. The minimum absolute atomic E-state index is 0. The first kappa shape index (κ1) is 22.8. The zero-order valence-electron chi connectivity index (χ0n) is 5.49. The van der Waals surface area contributed by atoms with Crippen LogP contribution in [0.3, 0.4) is 0 Å². The first-order valence-electron chi connectivity index (χ1n) is 1.59. The second-order valence-electron chi connectivity index (χ2n) is 1.05. The van der Waals surface area contributed by atoms with E-state index in [2.05, 4.69) is 0 Å². The molecule has 12 heteroatoms. The van der Waals surface area contributed by atoms with Crippen LogP contribution in [0.25, 0.3) is 0 Å². The smallest absolute Gasteiger partial charge is 0.412 e. The van der Waals surface area contributed by atoms with E-state index in [4.69, 9.17) is 36.7 Å². The maximum atomic E-state index is 8.74. The van der Waals surface area contributed by atoms with E-state index in [1.54, 1.807) is 0 Å². The summed E-state index contributed by atoms with van der Waals surface area (Å²) in [5, 5.41) is 0. The van der Waals surface area contributed by atoms with Gasteiger partial charge in [-0.2, -0.15) is 8.42 Å². The van der Waals surface area contributed by atoms with Crippen LogP contribution in [0.4, 0.5) is 0 Å². The van der Waals surface area contributed by atoms with Gasteiger partial charge in [0, 0.05) is 17.4 Å². The monoisotopic (exact) mass is 239 g/mol. The molecule has 0 spiro atoms. The minimum Gasteiger partial charge on any atom is -0.412 e. The molecule has 0 aliphatic rings. The molecule has 0 atom stereocenters. The summed E-state index contributed by atoms with van der Waals surface area (Å²) in [6.07, 6.45) is 0. The molecule has 0 aliphatic carbocycles. The fourth-order valence-corrected chi connectivity index (χ4v) is 0. The second-order valence-corrected chi connectivity index (χ2v) is 3.14. The van der Waals surface area contributed by atoms with Crippen LogP contribution >= 0.6 is 0 Å². The molecule has 0 rings (SSSR count). The number of rotatable bonds is 0. The van der Waals surface area contributed by atoms with Gasteiger partial charge in [-0.3, -0.25) is 9.11 Å². The van der Waals surface area contributed by atoms with Crippen molar-refractivity contribution in [1.82, 2.24) is 0 Å². The molecular weight excluding hydrogens is 231 g/mol. The first-order chi connectivity index (χ1) is 4.00. The molecule has 0 heterocycles. The predicted octanol–water partition coefficient (Wildman–Crippen LogP) is -4.47. The van der Waals surface area contributed by atoms with Gasteiger partial charge in [-0.1, -0.05) is 0 Å². The second kappa shape index (κ2) is 8.04. The summed E-state index contributed by atoms with van der Waals surface area (Å²) >= 11 is 0. The van der Waals surface area contributed by atoms with Crippen molar-refractivity contribution in [3.63, 3.8) is 0 Å². The summed E-state index contributed by atoms with van der Waals surface area (Å²) in [5.74, 6) is 0. The van der Waals surface area contributed by atoms with Crippen LogP contribution in [-0.2, 0) is 10.4 Å². The van der Waals surface area contributed by atoms with Gasteiger partial charge in [-0.05, 0) is 0 Å². The van der Waals surface area contributed by atoms with Crippen LogP contribution in [-0.4, -0.2) is 68.6 Å². The summed E-state index contributed by atoms with van der Waals surface area (Å²) in [5.41, 5.74) is 0. The van der Waals surface area contributed by atoms with Gasteiger partial charge in [0.15, 0.2) is 0 Å². The highest BCUT2D eigenvalue weighted by Crippen LogP contribution is 1.67. The largest absolute Gasteiger partial charge is 0.668 e. The van der Waals surface area contributed by atoms with E-state index in [0.29, 0.717) is 0 Å². The highest BCUT2D eigenvalue weighted by atomic mass is 32.3. The lowest BCUT2D eigenvalue weighted by molar-refractivity contribution is 0.117. The summed E-state index contributed by atoms with van der Waals surface area (Å²) in [7, 11) is -9.28. The SMILES string of the molecule is O.O=S(=O)(O)O.O[Si](O)(O)O.[Al]. The van der Waals surface area contributed by atoms with Crippen molar-refractivity contribution in [2.45, 2.75) is 0 Å². The third-order valence-electron chi connectivity index (χ3n) is 0. The standard InChI is InChI=1S/Al.H2O4S.H4O4Si.H2O/c;2*1-5(2,3)4;/h;(H2,1,2,3,4);1-4H;1H2. The van der Waals surface area contributed by atoms with E-state index in [1.165, 1.54) is 0 Å². The molecule has 0 unspecified atom stereocenters. The molecule has 0 bridgehead atoms. The zero-order valence-corrected chi connectivity index (χ0v) is 8.46. The molecule has 9 nitrogen and oxygen atoms in total. The molecule has 0 fully saturated rings. The van der Waals surface area contributed by atoms with Crippen LogP contribution in [0.5, 0.6) is 0 Å². The Morgan fingerprint density at radius 2 is 0.917 bits per heavy atom. The Morgan fingerprint density at radius 1 is 0.917 bits per heavy atom. The average molecular weight is 239 g/mol. The molecule has 0 aromatic rings. The highest BCUT2D eigenvalue weighted by molar-refractivity contribution is 7.79. The molecule has 0 saturated carbocycles. The van der Waals surface area contributed by atoms with E-state index in [1.807, 2.05) is 0 Å². The maximum absolute atomic E-state index is 8.74. The average Bonchev–Trinajstić information content (AvgIpc) is 1.12. The van der Waals surface area contributed by atoms with E-state index >= 15 is 0 Å². The Bertz CT molecular complexity index is 149. The fourth-order valence-electron chi connectivity index (χ4n) is 0. The molecule has 0 saturated heterocycles. The first-order valence-corrected chi connectivity index (χ1v) is 4.78. The predicted molar refractivity (Wildman–Crippen MR) is 38.2 cm³/mol. The van der Waals surface area contributed by atoms with Crippen LogP contribution in [0.1, 0.15) is 0 Å².